The van der Waals surface area contributed by atoms with E-state index in [1.807, 2.05) is 12.1 Å². The molecule has 0 aliphatic rings. The first-order valence-corrected chi connectivity index (χ1v) is 9.33. The summed E-state index contributed by atoms with van der Waals surface area (Å²) in [4.78, 5) is 12.1. The van der Waals surface area contributed by atoms with Crippen LogP contribution in [0.25, 0.3) is 0 Å². The molecule has 1 heterocycles. The smallest absolute Gasteiger partial charge is 0.203 e. The number of anilines is 1. The number of nitrogens with zero attached hydrogens (tertiary/aromatic N) is 2. The molecule has 0 spiro atoms. The van der Waals surface area contributed by atoms with E-state index in [9.17, 15) is 4.79 Å². The first-order valence-electron chi connectivity index (χ1n) is 7.53. The molecule has 1 aromatic carbocycles. The second-order valence-electron chi connectivity index (χ2n) is 5.13. The predicted molar refractivity (Wildman–Crippen MR) is 93.7 cm³/mol. The van der Waals surface area contributed by atoms with E-state index in [0.717, 1.165) is 16.3 Å². The van der Waals surface area contributed by atoms with E-state index in [1.54, 1.807) is 0 Å². The van der Waals surface area contributed by atoms with Crippen LogP contribution in [0.4, 0.5) is 5.13 Å². The van der Waals surface area contributed by atoms with E-state index in [0.29, 0.717) is 10.9 Å². The number of hydrogen-bond donors (Lipinski definition) is 1. The summed E-state index contributed by atoms with van der Waals surface area (Å²) in [5.41, 5.74) is 7.57. The lowest BCUT2D eigenvalue weighted by molar-refractivity contribution is 0.102. The number of nitrogens with two attached hydrogens (primary N) is 1. The van der Waals surface area contributed by atoms with Gasteiger partial charge in [-0.05, 0) is 18.4 Å². The van der Waals surface area contributed by atoms with Gasteiger partial charge < -0.3 is 5.73 Å². The van der Waals surface area contributed by atoms with E-state index in [-0.39, 0.29) is 5.78 Å². The zero-order valence-electron chi connectivity index (χ0n) is 12.7. The van der Waals surface area contributed by atoms with Crippen LogP contribution in [0.1, 0.15) is 48.5 Å². The van der Waals surface area contributed by atoms with Crippen molar-refractivity contribution in [1.29, 1.82) is 0 Å². The highest BCUT2D eigenvalue weighted by molar-refractivity contribution is 8.01. The van der Waals surface area contributed by atoms with Crippen LogP contribution in [0.2, 0.25) is 0 Å². The van der Waals surface area contributed by atoms with Crippen molar-refractivity contribution in [3.63, 3.8) is 0 Å². The normalized spacial score (nSPS) is 10.8. The number of ketones is 1. The van der Waals surface area contributed by atoms with Gasteiger partial charge in [0, 0.05) is 5.56 Å². The molecule has 0 unspecified atom stereocenters. The van der Waals surface area contributed by atoms with Crippen molar-refractivity contribution < 1.29 is 4.79 Å². The summed E-state index contributed by atoms with van der Waals surface area (Å²) in [6.07, 6.45) is 6.14. The molecular formula is C16H21N3OS2. The Morgan fingerprint density at radius 1 is 1.18 bits per heavy atom. The van der Waals surface area contributed by atoms with Crippen LogP contribution in [0, 0.1) is 0 Å². The molecule has 0 amide bonds. The molecule has 0 aliphatic heterocycles. The molecule has 118 valence electrons. The topological polar surface area (TPSA) is 68.9 Å². The second-order valence-corrected chi connectivity index (χ2v) is 7.36. The van der Waals surface area contributed by atoms with Crippen LogP contribution in [0.3, 0.4) is 0 Å². The lowest BCUT2D eigenvalue weighted by atomic mass is 10.0. The zero-order valence-corrected chi connectivity index (χ0v) is 14.4. The van der Waals surface area contributed by atoms with Crippen LogP contribution in [-0.4, -0.2) is 21.7 Å². The summed E-state index contributed by atoms with van der Waals surface area (Å²) < 4.78 is 0.735. The summed E-state index contributed by atoms with van der Waals surface area (Å²) in [7, 11) is 0. The molecule has 0 fully saturated rings. The zero-order chi connectivity index (χ0) is 15.8. The molecule has 1 aromatic heterocycles. The summed E-state index contributed by atoms with van der Waals surface area (Å²) in [5.74, 6) is 0.473. The number of benzene rings is 1. The van der Waals surface area contributed by atoms with Gasteiger partial charge in [0.25, 0.3) is 0 Å². The van der Waals surface area contributed by atoms with Gasteiger partial charge in [0.2, 0.25) is 5.13 Å². The van der Waals surface area contributed by atoms with Gasteiger partial charge in [0.15, 0.2) is 10.1 Å². The Balaban J connectivity index is 1.80. The highest BCUT2D eigenvalue weighted by atomic mass is 32.2. The molecule has 2 N–H and O–H groups in total. The Hall–Kier alpha value is -1.40. The number of thioether (sulfide) groups is 1. The highest BCUT2D eigenvalue weighted by Gasteiger charge is 2.09. The number of aryl methyl sites for hydroxylation is 1. The lowest BCUT2D eigenvalue weighted by Crippen LogP contribution is -2.02. The van der Waals surface area contributed by atoms with E-state index in [2.05, 4.69) is 29.3 Å². The van der Waals surface area contributed by atoms with Crippen molar-refractivity contribution in [2.75, 3.05) is 11.5 Å². The fourth-order valence-corrected chi connectivity index (χ4v) is 3.63. The van der Waals surface area contributed by atoms with Gasteiger partial charge in [-0.1, -0.05) is 73.6 Å². The number of Topliss-reactive ketones (excluding diaryl/α,β-unsaturated/α-hetero) is 1. The van der Waals surface area contributed by atoms with Gasteiger partial charge in [-0.3, -0.25) is 4.79 Å². The largest absolute Gasteiger partial charge is 0.374 e. The third kappa shape index (κ3) is 5.42. The quantitative estimate of drug-likeness (QED) is 0.422. The molecule has 0 saturated carbocycles. The molecule has 2 rings (SSSR count). The van der Waals surface area contributed by atoms with Crippen LogP contribution < -0.4 is 5.73 Å². The van der Waals surface area contributed by atoms with Gasteiger partial charge in [-0.25, -0.2) is 0 Å². The van der Waals surface area contributed by atoms with Gasteiger partial charge >= 0.3 is 0 Å². The van der Waals surface area contributed by atoms with Crippen LogP contribution in [0.5, 0.6) is 0 Å². The van der Waals surface area contributed by atoms with E-state index in [1.165, 1.54) is 54.3 Å². The molecule has 0 bridgehead atoms. The molecule has 0 atom stereocenters. The van der Waals surface area contributed by atoms with Gasteiger partial charge in [-0.15, -0.1) is 10.2 Å². The van der Waals surface area contributed by atoms with E-state index >= 15 is 0 Å². The number of hydrogen-bond acceptors (Lipinski definition) is 6. The molecular weight excluding hydrogens is 314 g/mol. The fraction of sp³-hybridized carbons (Fsp3) is 0.438. The second kappa shape index (κ2) is 8.90. The number of rotatable bonds is 9. The Morgan fingerprint density at radius 3 is 2.59 bits per heavy atom. The van der Waals surface area contributed by atoms with Gasteiger partial charge in [0.1, 0.15) is 0 Å². The first-order chi connectivity index (χ1) is 10.7. The molecule has 0 aliphatic carbocycles. The van der Waals surface area contributed by atoms with Crippen molar-refractivity contribution in [2.45, 2.75) is 43.4 Å². The molecule has 4 nitrogen and oxygen atoms in total. The maximum Gasteiger partial charge on any atom is 0.203 e. The third-order valence-corrected chi connectivity index (χ3v) is 5.23. The first kappa shape index (κ1) is 17.0. The Morgan fingerprint density at radius 2 is 1.95 bits per heavy atom. The Kier molecular flexibility index (Phi) is 6.86. The Bertz CT molecular complexity index is 596. The van der Waals surface area contributed by atoms with Crippen LogP contribution in [0.15, 0.2) is 28.6 Å². The van der Waals surface area contributed by atoms with Crippen molar-refractivity contribution >= 4 is 34.0 Å². The van der Waals surface area contributed by atoms with Crippen molar-refractivity contribution in [3.8, 4) is 0 Å². The maximum atomic E-state index is 12.1. The molecule has 0 radical (unpaired) electrons. The standard InChI is InChI=1S/C16H21N3OS2/c1-2-3-4-5-6-12-7-9-13(10-8-12)14(20)11-21-16-19-18-15(17)22-16/h7-10H,2-6,11H2,1H3,(H2,17,18). The number of carbonyl (C=O) groups is 1. The number of unbranched alkanes of at least 4 members (excludes halogenated alkanes) is 3. The van der Waals surface area contributed by atoms with Gasteiger partial charge in [0.05, 0.1) is 5.75 Å². The highest BCUT2D eigenvalue weighted by Crippen LogP contribution is 2.24. The predicted octanol–water partition coefficient (Wildman–Crippen LogP) is 4.22. The van der Waals surface area contributed by atoms with Crippen molar-refractivity contribution in [3.05, 3.63) is 35.4 Å². The number of nitrogen functional groups attached to an aromatic ring is 1. The number of aromatic nitrogens is 2. The third-order valence-electron chi connectivity index (χ3n) is 3.34. The summed E-state index contributed by atoms with van der Waals surface area (Å²) >= 11 is 2.69. The summed E-state index contributed by atoms with van der Waals surface area (Å²) in [5, 5.41) is 8.07. The van der Waals surface area contributed by atoms with Gasteiger partial charge in [-0.2, -0.15) is 0 Å². The number of carbonyl (C=O) groups excluding carboxylic acids is 1. The summed E-state index contributed by atoms with van der Waals surface area (Å²) in [6, 6.07) is 7.97. The average Bonchev–Trinajstić information content (AvgIpc) is 2.95. The SMILES string of the molecule is CCCCCCc1ccc(C(=O)CSc2nnc(N)s2)cc1. The van der Waals surface area contributed by atoms with Crippen LogP contribution in [-0.2, 0) is 6.42 Å². The molecule has 0 saturated heterocycles. The lowest BCUT2D eigenvalue weighted by Gasteiger charge is -2.03. The minimum Gasteiger partial charge on any atom is -0.374 e. The Labute approximate surface area is 139 Å². The van der Waals surface area contributed by atoms with E-state index in [4.69, 9.17) is 5.73 Å². The maximum absolute atomic E-state index is 12.1. The summed E-state index contributed by atoms with van der Waals surface area (Å²) in [6.45, 7) is 2.22. The minimum absolute atomic E-state index is 0.108. The van der Waals surface area contributed by atoms with Crippen molar-refractivity contribution in [2.24, 2.45) is 0 Å². The average molecular weight is 335 g/mol. The molecule has 6 heteroatoms. The molecule has 2 aromatic rings. The monoisotopic (exact) mass is 335 g/mol. The van der Waals surface area contributed by atoms with Crippen molar-refractivity contribution in [1.82, 2.24) is 10.2 Å². The van der Waals surface area contributed by atoms with E-state index < -0.39 is 0 Å². The fourth-order valence-electron chi connectivity index (χ4n) is 2.10. The van der Waals surface area contributed by atoms with Crippen LogP contribution >= 0.6 is 23.1 Å². The molecule has 22 heavy (non-hydrogen) atoms. The minimum atomic E-state index is 0.108.